The zero-order valence-corrected chi connectivity index (χ0v) is 19.7. The molecule has 3 aromatic heterocycles. The quantitative estimate of drug-likeness (QED) is 0.307. The molecule has 12 heteroatoms. The van der Waals surface area contributed by atoms with E-state index in [9.17, 15) is 18.4 Å². The molecule has 0 aliphatic heterocycles. The zero-order chi connectivity index (χ0) is 26.8. The Hall–Kier alpha value is -5.39. The lowest BCUT2D eigenvalue weighted by atomic mass is 10.2. The first-order chi connectivity index (χ1) is 18.4. The van der Waals surface area contributed by atoms with E-state index in [2.05, 4.69) is 32.2 Å². The van der Waals surface area contributed by atoms with Crippen LogP contribution in [0.1, 0.15) is 16.1 Å². The summed E-state index contributed by atoms with van der Waals surface area (Å²) in [4.78, 5) is 29.8. The minimum atomic E-state index is -0.779. The third kappa shape index (κ3) is 4.57. The maximum atomic E-state index is 15.0. The molecule has 5 rings (SSSR count). The molecule has 38 heavy (non-hydrogen) atoms. The molecule has 0 saturated heterocycles. The number of aromatic amines is 1. The highest BCUT2D eigenvalue weighted by molar-refractivity contribution is 6.04. The van der Waals surface area contributed by atoms with E-state index < -0.39 is 23.1 Å². The van der Waals surface area contributed by atoms with Gasteiger partial charge in [-0.2, -0.15) is 14.9 Å². The number of methoxy groups -OCH3 is 1. The van der Waals surface area contributed by atoms with E-state index in [0.717, 1.165) is 10.7 Å². The summed E-state index contributed by atoms with van der Waals surface area (Å²) in [6, 6.07) is 11.6. The number of amides is 1. The van der Waals surface area contributed by atoms with Crippen LogP contribution in [0.15, 0.2) is 78.4 Å². The van der Waals surface area contributed by atoms with Gasteiger partial charge in [0.05, 0.1) is 18.2 Å². The Morgan fingerprint density at radius 2 is 1.84 bits per heavy atom. The van der Waals surface area contributed by atoms with Gasteiger partial charge in [-0.3, -0.25) is 14.7 Å². The van der Waals surface area contributed by atoms with Gasteiger partial charge in [-0.15, -0.1) is 0 Å². The lowest BCUT2D eigenvalue weighted by Crippen LogP contribution is -2.29. The number of carbonyl (C=O) groups excluding carboxylic acids is 1. The molecule has 0 fully saturated rings. The molecular formula is C26H18F2N6O4. The summed E-state index contributed by atoms with van der Waals surface area (Å²) in [7, 11) is 1.44. The number of H-pyrrole nitrogens is 1. The van der Waals surface area contributed by atoms with Crippen molar-refractivity contribution >= 4 is 28.4 Å². The predicted molar refractivity (Wildman–Crippen MR) is 134 cm³/mol. The molecule has 10 nitrogen and oxygen atoms in total. The fraction of sp³-hybridized carbons (Fsp3) is 0.0385. The molecule has 1 amide bonds. The minimum Gasteiger partial charge on any atom is -0.495 e. The Morgan fingerprint density at radius 3 is 2.58 bits per heavy atom. The van der Waals surface area contributed by atoms with Crippen molar-refractivity contribution in [1.82, 2.24) is 25.0 Å². The Morgan fingerprint density at radius 1 is 1.05 bits per heavy atom. The fourth-order valence-corrected chi connectivity index (χ4v) is 3.64. The van der Waals surface area contributed by atoms with Crippen molar-refractivity contribution < 1.29 is 23.0 Å². The van der Waals surface area contributed by atoms with Gasteiger partial charge < -0.3 is 14.8 Å². The molecule has 0 unspecified atom stereocenters. The highest BCUT2D eigenvalue weighted by Crippen LogP contribution is 2.34. The number of hydrogen-bond acceptors (Lipinski definition) is 7. The van der Waals surface area contributed by atoms with Crippen LogP contribution in [-0.2, 0) is 4.74 Å². The van der Waals surface area contributed by atoms with Crippen molar-refractivity contribution in [1.29, 1.82) is 0 Å². The molecule has 0 atom stereocenters. The number of hydrogen-bond donors (Lipinski definition) is 2. The van der Waals surface area contributed by atoms with Gasteiger partial charge in [-0.25, -0.2) is 13.8 Å². The predicted octanol–water partition coefficient (Wildman–Crippen LogP) is 4.44. The molecule has 0 spiro atoms. The summed E-state index contributed by atoms with van der Waals surface area (Å²) in [6.07, 6.45) is 2.73. The van der Waals surface area contributed by atoms with Gasteiger partial charge in [0.25, 0.3) is 11.5 Å². The van der Waals surface area contributed by atoms with Gasteiger partial charge >= 0.3 is 0 Å². The Bertz CT molecular complexity index is 1750. The van der Waals surface area contributed by atoms with Crippen LogP contribution in [0.3, 0.4) is 0 Å². The summed E-state index contributed by atoms with van der Waals surface area (Å²) in [5, 5.41) is 13.7. The average Bonchev–Trinajstić information content (AvgIpc) is 3.36. The van der Waals surface area contributed by atoms with Crippen LogP contribution >= 0.6 is 0 Å². The molecule has 0 bridgehead atoms. The summed E-state index contributed by atoms with van der Waals surface area (Å²) in [5.41, 5.74) is 0.143. The first-order valence-electron chi connectivity index (χ1n) is 11.0. The SMILES string of the molecule is C=C(OC)c1n[nH]c2nccc(Oc3ccc(NC(=O)c4ccnn(-c5ccc(F)cc5)c4=O)cc3F)c12. The van der Waals surface area contributed by atoms with Crippen LogP contribution in [0.4, 0.5) is 14.5 Å². The number of ether oxygens (including phenoxy) is 2. The Balaban J connectivity index is 1.38. The van der Waals surface area contributed by atoms with E-state index in [4.69, 9.17) is 9.47 Å². The number of fused-ring (bicyclic) bond motifs is 1. The number of rotatable bonds is 7. The van der Waals surface area contributed by atoms with E-state index in [1.54, 1.807) is 0 Å². The number of nitrogens with zero attached hydrogens (tertiary/aromatic N) is 4. The van der Waals surface area contributed by atoms with Crippen LogP contribution < -0.4 is 15.6 Å². The standard InChI is InChI=1S/C26H18F2N6O4/c1-14(37-2)23-22-21(10-11-29-24(22)33-32-23)38-20-8-5-16(13-19(20)28)31-25(35)18-9-12-30-34(26(18)36)17-6-3-15(27)4-7-17/h3-13H,1H2,2H3,(H,31,35)(H,29,32,33). The number of anilines is 1. The zero-order valence-electron chi connectivity index (χ0n) is 19.7. The molecule has 190 valence electrons. The Labute approximate surface area is 213 Å². The second-order valence-electron chi connectivity index (χ2n) is 7.87. The van der Waals surface area contributed by atoms with E-state index in [0.29, 0.717) is 16.7 Å². The minimum absolute atomic E-state index is 0.0843. The van der Waals surface area contributed by atoms with Gasteiger partial charge in [0, 0.05) is 24.1 Å². The van der Waals surface area contributed by atoms with Gasteiger partial charge in [0.1, 0.15) is 28.6 Å². The van der Waals surface area contributed by atoms with E-state index in [1.807, 2.05) is 0 Å². The van der Waals surface area contributed by atoms with Crippen molar-refractivity contribution in [2.75, 3.05) is 12.4 Å². The first-order valence-corrected chi connectivity index (χ1v) is 11.0. The number of benzene rings is 2. The molecule has 0 saturated carbocycles. The van der Waals surface area contributed by atoms with Crippen molar-refractivity contribution in [3.8, 4) is 17.2 Å². The van der Waals surface area contributed by atoms with Crippen LogP contribution in [0.5, 0.6) is 11.5 Å². The third-order valence-corrected chi connectivity index (χ3v) is 5.51. The highest BCUT2D eigenvalue weighted by Gasteiger charge is 2.18. The lowest BCUT2D eigenvalue weighted by Gasteiger charge is -2.11. The monoisotopic (exact) mass is 516 g/mol. The van der Waals surface area contributed by atoms with E-state index >= 15 is 0 Å². The van der Waals surface area contributed by atoms with Gasteiger partial charge in [-0.05, 0) is 48.5 Å². The number of carbonyl (C=O) groups is 1. The van der Waals surface area contributed by atoms with Crippen molar-refractivity contribution in [3.63, 3.8) is 0 Å². The smallest absolute Gasteiger partial charge is 0.284 e. The number of nitrogens with one attached hydrogen (secondary N) is 2. The average molecular weight is 516 g/mol. The van der Waals surface area contributed by atoms with Gasteiger partial charge in [-0.1, -0.05) is 6.58 Å². The van der Waals surface area contributed by atoms with Crippen LogP contribution in [0.25, 0.3) is 22.5 Å². The van der Waals surface area contributed by atoms with Crippen LogP contribution in [0, 0.1) is 11.6 Å². The number of aromatic nitrogens is 5. The molecular weight excluding hydrogens is 498 g/mol. The molecule has 2 aromatic carbocycles. The third-order valence-electron chi connectivity index (χ3n) is 5.51. The summed E-state index contributed by atoms with van der Waals surface area (Å²) in [6.45, 7) is 3.78. The van der Waals surface area contributed by atoms with E-state index in [1.165, 1.54) is 68.0 Å². The second-order valence-corrected chi connectivity index (χ2v) is 7.87. The molecule has 0 aliphatic carbocycles. The van der Waals surface area contributed by atoms with Gasteiger partial charge in [0.2, 0.25) is 0 Å². The Kier molecular flexibility index (Phi) is 6.35. The number of halogens is 2. The van der Waals surface area contributed by atoms with E-state index in [-0.39, 0.29) is 34.2 Å². The molecule has 0 aliphatic rings. The van der Waals surface area contributed by atoms with Crippen molar-refractivity contribution in [2.45, 2.75) is 0 Å². The second kappa shape index (κ2) is 9.93. The highest BCUT2D eigenvalue weighted by atomic mass is 19.1. The van der Waals surface area contributed by atoms with Crippen molar-refractivity contribution in [3.05, 3.63) is 107 Å². The number of pyridine rings is 1. The topological polar surface area (TPSA) is 124 Å². The fourth-order valence-electron chi connectivity index (χ4n) is 3.64. The van der Waals surface area contributed by atoms with Crippen LogP contribution in [-0.4, -0.2) is 38.0 Å². The lowest BCUT2D eigenvalue weighted by molar-refractivity contribution is 0.102. The largest absolute Gasteiger partial charge is 0.495 e. The molecule has 5 aromatic rings. The first kappa shape index (κ1) is 24.3. The maximum absolute atomic E-state index is 15.0. The summed E-state index contributed by atoms with van der Waals surface area (Å²) < 4.78 is 40.1. The van der Waals surface area contributed by atoms with Crippen LogP contribution in [0.2, 0.25) is 0 Å². The van der Waals surface area contributed by atoms with Gasteiger partial charge in [0.15, 0.2) is 17.2 Å². The summed E-state index contributed by atoms with van der Waals surface area (Å²) in [5.74, 6) is -1.65. The normalized spacial score (nSPS) is 10.8. The molecule has 2 N–H and O–H groups in total. The summed E-state index contributed by atoms with van der Waals surface area (Å²) >= 11 is 0. The molecule has 0 radical (unpaired) electrons. The van der Waals surface area contributed by atoms with Crippen molar-refractivity contribution in [2.24, 2.45) is 0 Å². The maximum Gasteiger partial charge on any atom is 0.284 e. The molecule has 3 heterocycles.